The van der Waals surface area contributed by atoms with Gasteiger partial charge in [-0.3, -0.25) is 14.4 Å². The summed E-state index contributed by atoms with van der Waals surface area (Å²) in [7, 11) is 2.97. The van der Waals surface area contributed by atoms with Gasteiger partial charge >= 0.3 is 5.97 Å². The summed E-state index contributed by atoms with van der Waals surface area (Å²) in [4.78, 5) is 39.6. The summed E-state index contributed by atoms with van der Waals surface area (Å²) in [5.74, 6) is -0.854. The molecule has 6 nitrogen and oxygen atoms in total. The van der Waals surface area contributed by atoms with Gasteiger partial charge in [-0.1, -0.05) is 20.8 Å². The first-order chi connectivity index (χ1) is 13.1. The van der Waals surface area contributed by atoms with Crippen LogP contribution in [0.5, 0.6) is 0 Å². The van der Waals surface area contributed by atoms with E-state index in [1.165, 1.54) is 14.2 Å². The second kappa shape index (κ2) is 5.94. The molecule has 0 aromatic carbocycles. The summed E-state index contributed by atoms with van der Waals surface area (Å²) in [6.07, 6.45) is 2.21. The van der Waals surface area contributed by atoms with Crippen molar-refractivity contribution < 1.29 is 28.6 Å². The lowest BCUT2D eigenvalue weighted by Gasteiger charge is -2.64. The number of ether oxygens (including phenoxy) is 3. The smallest absolute Gasteiger partial charge is 0.306 e. The summed E-state index contributed by atoms with van der Waals surface area (Å²) < 4.78 is 16.7. The predicted molar refractivity (Wildman–Crippen MR) is 99.8 cm³/mol. The molecule has 0 N–H and O–H groups in total. The number of ketones is 2. The van der Waals surface area contributed by atoms with Crippen molar-refractivity contribution in [3.63, 3.8) is 0 Å². The zero-order valence-electron chi connectivity index (χ0n) is 17.3. The molecule has 0 aromatic rings. The summed E-state index contributed by atoms with van der Waals surface area (Å²) >= 11 is 0. The molecule has 0 spiro atoms. The fourth-order valence-electron chi connectivity index (χ4n) is 6.81. The van der Waals surface area contributed by atoms with Crippen LogP contribution in [-0.2, 0) is 28.6 Å². The predicted octanol–water partition coefficient (Wildman–Crippen LogP) is 2.82. The molecular weight excluding hydrogens is 360 g/mol. The summed E-state index contributed by atoms with van der Waals surface area (Å²) in [5, 5.41) is 0. The van der Waals surface area contributed by atoms with Gasteiger partial charge in [-0.05, 0) is 36.8 Å². The molecular formula is C22H28O6. The van der Waals surface area contributed by atoms with Crippen LogP contribution in [-0.4, -0.2) is 37.9 Å². The van der Waals surface area contributed by atoms with E-state index in [1.807, 2.05) is 33.8 Å². The molecule has 152 valence electrons. The lowest BCUT2D eigenvalue weighted by atomic mass is 9.40. The van der Waals surface area contributed by atoms with Gasteiger partial charge in [0.2, 0.25) is 11.6 Å². The molecule has 0 aromatic heterocycles. The molecule has 0 radical (unpaired) electrons. The van der Waals surface area contributed by atoms with Crippen molar-refractivity contribution in [2.75, 3.05) is 14.2 Å². The second-order valence-corrected chi connectivity index (χ2v) is 9.16. The third kappa shape index (κ3) is 2.06. The number of hydrogen-bond donors (Lipinski definition) is 0. The van der Waals surface area contributed by atoms with Crippen LogP contribution in [0.1, 0.15) is 40.5 Å². The average Bonchev–Trinajstić information content (AvgIpc) is 2.63. The number of rotatable bonds is 2. The lowest BCUT2D eigenvalue weighted by Crippen LogP contribution is -2.69. The van der Waals surface area contributed by atoms with Crippen LogP contribution in [0.4, 0.5) is 0 Å². The van der Waals surface area contributed by atoms with E-state index in [4.69, 9.17) is 14.2 Å². The third-order valence-electron chi connectivity index (χ3n) is 8.10. The summed E-state index contributed by atoms with van der Waals surface area (Å²) in [6, 6.07) is 0. The maximum Gasteiger partial charge on any atom is 0.306 e. The van der Waals surface area contributed by atoms with Gasteiger partial charge in [0.05, 0.1) is 20.6 Å². The molecule has 4 aliphatic rings. The third-order valence-corrected chi connectivity index (χ3v) is 8.10. The van der Waals surface area contributed by atoms with Gasteiger partial charge in [0.25, 0.3) is 0 Å². The lowest BCUT2D eigenvalue weighted by molar-refractivity contribution is -0.217. The Labute approximate surface area is 165 Å². The van der Waals surface area contributed by atoms with Crippen LogP contribution in [0.3, 0.4) is 0 Å². The minimum Gasteiger partial charge on any atom is -0.493 e. The van der Waals surface area contributed by atoms with Crippen LogP contribution in [0, 0.1) is 34.5 Å². The molecule has 1 saturated carbocycles. The van der Waals surface area contributed by atoms with Crippen molar-refractivity contribution in [2.24, 2.45) is 34.5 Å². The summed E-state index contributed by atoms with van der Waals surface area (Å²) in [5.41, 5.74) is -0.795. The van der Waals surface area contributed by atoms with Crippen molar-refractivity contribution in [3.05, 3.63) is 23.2 Å². The molecule has 0 amide bonds. The summed E-state index contributed by atoms with van der Waals surface area (Å²) in [6.45, 7) is 7.80. The fraction of sp³-hybridized carbons (Fsp3) is 0.682. The van der Waals surface area contributed by atoms with E-state index in [0.29, 0.717) is 12.2 Å². The first-order valence-corrected chi connectivity index (χ1v) is 9.91. The number of allylic oxidation sites excluding steroid dienone is 4. The highest BCUT2D eigenvalue weighted by Crippen LogP contribution is 2.67. The Morgan fingerprint density at radius 3 is 2.43 bits per heavy atom. The SMILES string of the molecule is COC1=C[C@@H](C)[C@@H]2C[C@H]3OC(=O)C[C@@H]4C(C)=C(OC)C(=O)[C@H]([C@@]2(C)C1=O)[C@]43C. The van der Waals surface area contributed by atoms with E-state index < -0.39 is 22.9 Å². The van der Waals surface area contributed by atoms with Gasteiger partial charge in [0, 0.05) is 22.7 Å². The highest BCUT2D eigenvalue weighted by atomic mass is 16.5. The van der Waals surface area contributed by atoms with E-state index in [-0.39, 0.29) is 47.5 Å². The number of fused-ring (bicyclic) bond motifs is 2. The van der Waals surface area contributed by atoms with Crippen LogP contribution in [0.15, 0.2) is 23.2 Å². The monoisotopic (exact) mass is 388 g/mol. The Morgan fingerprint density at radius 2 is 1.82 bits per heavy atom. The Bertz CT molecular complexity index is 838. The molecule has 0 bridgehead atoms. The molecule has 2 fully saturated rings. The van der Waals surface area contributed by atoms with Crippen LogP contribution in [0.25, 0.3) is 0 Å². The fourth-order valence-corrected chi connectivity index (χ4v) is 6.81. The quantitative estimate of drug-likeness (QED) is 0.677. The standard InChI is InChI=1S/C22H28O6/c1-10-7-14(26-5)20(25)22(4)12(10)8-15-21(3)13(9-16(23)28-15)11(2)18(27-6)17(24)19(21)22/h7,10,12-13,15,19H,8-9H2,1-6H3/t10-,12+,13-,15-,19+,21-,22+/m1/s1. The zero-order valence-corrected chi connectivity index (χ0v) is 17.3. The molecule has 1 heterocycles. The number of hydrogen-bond acceptors (Lipinski definition) is 6. The number of esters is 1. The first-order valence-electron chi connectivity index (χ1n) is 9.91. The van der Waals surface area contributed by atoms with E-state index in [2.05, 4.69) is 0 Å². The van der Waals surface area contributed by atoms with Crippen LogP contribution in [0.2, 0.25) is 0 Å². The molecule has 1 saturated heterocycles. The Hall–Kier alpha value is -2.11. The molecule has 4 rings (SSSR count). The molecule has 3 aliphatic carbocycles. The average molecular weight is 388 g/mol. The number of carbonyl (C=O) groups is 3. The molecule has 7 atom stereocenters. The molecule has 1 aliphatic heterocycles. The van der Waals surface area contributed by atoms with Gasteiger partial charge in [0.15, 0.2) is 11.5 Å². The second-order valence-electron chi connectivity index (χ2n) is 9.16. The first kappa shape index (κ1) is 19.2. The van der Waals surface area contributed by atoms with E-state index in [1.54, 1.807) is 0 Å². The topological polar surface area (TPSA) is 78.9 Å². The minimum atomic E-state index is -0.936. The normalized spacial score (nSPS) is 45.0. The minimum absolute atomic E-state index is 0.0204. The number of methoxy groups -OCH3 is 2. The Balaban J connectivity index is 1.99. The Morgan fingerprint density at radius 1 is 1.14 bits per heavy atom. The van der Waals surface area contributed by atoms with E-state index in [0.717, 1.165) is 5.57 Å². The largest absolute Gasteiger partial charge is 0.493 e. The van der Waals surface area contributed by atoms with Gasteiger partial charge < -0.3 is 14.2 Å². The highest BCUT2D eigenvalue weighted by molar-refractivity contribution is 6.07. The van der Waals surface area contributed by atoms with Gasteiger partial charge in [-0.15, -0.1) is 0 Å². The Kier molecular flexibility index (Phi) is 4.08. The maximum absolute atomic E-state index is 13.7. The van der Waals surface area contributed by atoms with Crippen LogP contribution >= 0.6 is 0 Å². The molecule has 28 heavy (non-hydrogen) atoms. The maximum atomic E-state index is 13.7. The highest BCUT2D eigenvalue weighted by Gasteiger charge is 2.72. The van der Waals surface area contributed by atoms with Gasteiger partial charge in [0.1, 0.15) is 6.10 Å². The molecule has 6 heteroatoms. The van der Waals surface area contributed by atoms with Crippen molar-refractivity contribution in [2.45, 2.75) is 46.6 Å². The van der Waals surface area contributed by atoms with E-state index in [9.17, 15) is 14.4 Å². The van der Waals surface area contributed by atoms with E-state index >= 15 is 0 Å². The van der Waals surface area contributed by atoms with Crippen molar-refractivity contribution >= 4 is 17.5 Å². The van der Waals surface area contributed by atoms with Crippen molar-refractivity contribution in [1.82, 2.24) is 0 Å². The number of carbonyl (C=O) groups excluding carboxylic acids is 3. The molecule has 0 unspecified atom stereocenters. The zero-order chi connectivity index (χ0) is 20.6. The van der Waals surface area contributed by atoms with Crippen molar-refractivity contribution in [3.8, 4) is 0 Å². The van der Waals surface area contributed by atoms with Crippen molar-refractivity contribution in [1.29, 1.82) is 0 Å². The van der Waals surface area contributed by atoms with Crippen LogP contribution < -0.4 is 0 Å². The number of Topliss-reactive ketones (excluding diaryl/α,β-unsaturated/α-hetero) is 2. The van der Waals surface area contributed by atoms with Gasteiger partial charge in [-0.25, -0.2) is 0 Å². The van der Waals surface area contributed by atoms with Gasteiger partial charge in [-0.2, -0.15) is 0 Å².